The zero-order chi connectivity index (χ0) is 15.6. The van der Waals surface area contributed by atoms with E-state index in [-0.39, 0.29) is 16.5 Å². The molecule has 1 N–H and O–H groups in total. The Morgan fingerprint density at radius 3 is 2.33 bits per heavy atom. The monoisotopic (exact) mass is 356 g/mol. The van der Waals surface area contributed by atoms with Crippen molar-refractivity contribution >= 4 is 15.9 Å². The van der Waals surface area contributed by atoms with Gasteiger partial charge in [0.2, 0.25) is 0 Å². The summed E-state index contributed by atoms with van der Waals surface area (Å²) in [6.07, 6.45) is 0.0846. The first-order valence-corrected chi connectivity index (χ1v) is 7.14. The van der Waals surface area contributed by atoms with E-state index in [4.69, 9.17) is 4.74 Å². The van der Waals surface area contributed by atoms with E-state index in [0.717, 1.165) is 11.6 Å². The highest BCUT2D eigenvalue weighted by atomic mass is 79.9. The highest BCUT2D eigenvalue weighted by Crippen LogP contribution is 2.33. The van der Waals surface area contributed by atoms with Gasteiger partial charge < -0.3 is 9.84 Å². The smallest absolute Gasteiger partial charge is 0.146 e. The molecular formula is C16H15BrF2O2. The summed E-state index contributed by atoms with van der Waals surface area (Å²) in [4.78, 5) is 0. The minimum atomic E-state index is -1.66. The molecule has 0 saturated heterocycles. The second-order valence-electron chi connectivity index (χ2n) is 5.02. The maximum atomic E-state index is 14.1. The predicted octanol–water partition coefficient (Wildman–Crippen LogP) is 4.19. The first kappa shape index (κ1) is 15.9. The molecule has 0 fully saturated rings. The van der Waals surface area contributed by atoms with E-state index in [2.05, 4.69) is 15.9 Å². The van der Waals surface area contributed by atoms with Crippen molar-refractivity contribution in [3.05, 3.63) is 63.6 Å². The van der Waals surface area contributed by atoms with E-state index in [1.807, 2.05) is 0 Å². The third kappa shape index (κ3) is 3.41. The van der Waals surface area contributed by atoms with Crippen molar-refractivity contribution in [1.82, 2.24) is 0 Å². The molecule has 0 aliphatic heterocycles. The first-order valence-electron chi connectivity index (χ1n) is 6.34. The van der Waals surface area contributed by atoms with Crippen molar-refractivity contribution in [3.8, 4) is 5.75 Å². The number of rotatable bonds is 4. The van der Waals surface area contributed by atoms with Crippen LogP contribution in [0.1, 0.15) is 18.1 Å². The van der Waals surface area contributed by atoms with Gasteiger partial charge in [-0.15, -0.1) is 0 Å². The van der Waals surface area contributed by atoms with Gasteiger partial charge >= 0.3 is 0 Å². The zero-order valence-corrected chi connectivity index (χ0v) is 13.2. The maximum absolute atomic E-state index is 14.1. The predicted molar refractivity (Wildman–Crippen MR) is 80.3 cm³/mol. The van der Waals surface area contributed by atoms with Gasteiger partial charge in [0.25, 0.3) is 0 Å². The van der Waals surface area contributed by atoms with Gasteiger partial charge in [0.15, 0.2) is 0 Å². The summed E-state index contributed by atoms with van der Waals surface area (Å²) in [5.41, 5.74) is -1.25. The summed E-state index contributed by atoms with van der Waals surface area (Å²) in [6, 6.07) is 9.38. The summed E-state index contributed by atoms with van der Waals surface area (Å²) >= 11 is 3.01. The van der Waals surface area contributed by atoms with Crippen LogP contribution in [0.15, 0.2) is 40.9 Å². The average molecular weight is 357 g/mol. The van der Waals surface area contributed by atoms with Crippen LogP contribution in [0.2, 0.25) is 0 Å². The van der Waals surface area contributed by atoms with Gasteiger partial charge in [-0.3, -0.25) is 0 Å². The van der Waals surface area contributed by atoms with E-state index in [9.17, 15) is 13.9 Å². The Balaban J connectivity index is 2.35. The van der Waals surface area contributed by atoms with Crippen LogP contribution in [0, 0.1) is 11.6 Å². The molecule has 0 aliphatic carbocycles. The van der Waals surface area contributed by atoms with Crippen LogP contribution in [-0.4, -0.2) is 12.2 Å². The Morgan fingerprint density at radius 1 is 1.14 bits per heavy atom. The van der Waals surface area contributed by atoms with E-state index in [1.54, 1.807) is 31.4 Å². The average Bonchev–Trinajstić information content (AvgIpc) is 2.43. The largest absolute Gasteiger partial charge is 0.497 e. The summed E-state index contributed by atoms with van der Waals surface area (Å²) < 4.78 is 33.2. The van der Waals surface area contributed by atoms with Gasteiger partial charge in [-0.2, -0.15) is 0 Å². The Labute approximate surface area is 130 Å². The molecule has 0 heterocycles. The van der Waals surface area contributed by atoms with Gasteiger partial charge in [0, 0.05) is 6.42 Å². The molecule has 1 unspecified atom stereocenters. The number of aliphatic hydroxyl groups is 1. The molecule has 0 amide bonds. The van der Waals surface area contributed by atoms with Crippen LogP contribution in [0.25, 0.3) is 0 Å². The van der Waals surface area contributed by atoms with Crippen molar-refractivity contribution < 1.29 is 18.6 Å². The molecule has 2 nitrogen and oxygen atoms in total. The molecule has 112 valence electrons. The number of halogens is 3. The molecule has 21 heavy (non-hydrogen) atoms. The number of benzene rings is 2. The molecular weight excluding hydrogens is 342 g/mol. The van der Waals surface area contributed by atoms with E-state index < -0.39 is 17.2 Å². The molecule has 5 heteroatoms. The van der Waals surface area contributed by atoms with Gasteiger partial charge in [-0.1, -0.05) is 12.1 Å². The Hall–Kier alpha value is -1.46. The first-order chi connectivity index (χ1) is 9.85. The number of hydrogen-bond acceptors (Lipinski definition) is 2. The van der Waals surface area contributed by atoms with Gasteiger partial charge in [-0.05, 0) is 52.7 Å². The molecule has 0 radical (unpaired) electrons. The highest BCUT2D eigenvalue weighted by molar-refractivity contribution is 9.10. The maximum Gasteiger partial charge on any atom is 0.146 e. The van der Waals surface area contributed by atoms with Gasteiger partial charge in [0.05, 0.1) is 22.7 Å². The SMILES string of the molecule is COc1ccc(CC(C)(O)c2c(F)ccc(Br)c2F)cc1. The quantitative estimate of drug-likeness (QED) is 0.832. The lowest BCUT2D eigenvalue weighted by atomic mass is 9.88. The Kier molecular flexibility index (Phi) is 4.64. The van der Waals surface area contributed by atoms with Gasteiger partial charge in [-0.25, -0.2) is 8.78 Å². The second kappa shape index (κ2) is 6.12. The van der Waals surface area contributed by atoms with Crippen LogP contribution >= 0.6 is 15.9 Å². The lowest BCUT2D eigenvalue weighted by Gasteiger charge is -2.25. The van der Waals surface area contributed by atoms with Crippen molar-refractivity contribution in [2.24, 2.45) is 0 Å². The zero-order valence-electron chi connectivity index (χ0n) is 11.7. The summed E-state index contributed by atoms with van der Waals surface area (Å²) in [5.74, 6) is -0.874. The molecule has 0 aromatic heterocycles. The van der Waals surface area contributed by atoms with Crippen molar-refractivity contribution in [2.75, 3.05) is 7.11 Å². The molecule has 2 aromatic carbocycles. The fourth-order valence-corrected chi connectivity index (χ4v) is 2.58. The minimum Gasteiger partial charge on any atom is -0.497 e. The normalized spacial score (nSPS) is 13.8. The van der Waals surface area contributed by atoms with Crippen molar-refractivity contribution in [2.45, 2.75) is 18.9 Å². The van der Waals surface area contributed by atoms with E-state index in [1.165, 1.54) is 13.0 Å². The minimum absolute atomic E-state index is 0.0846. The third-order valence-corrected chi connectivity index (χ3v) is 3.90. The molecule has 2 rings (SSSR count). The van der Waals surface area contributed by atoms with E-state index >= 15 is 0 Å². The van der Waals surface area contributed by atoms with Crippen LogP contribution in [0.3, 0.4) is 0 Å². The van der Waals surface area contributed by atoms with Crippen LogP contribution in [0.4, 0.5) is 8.78 Å². The number of hydrogen-bond donors (Lipinski definition) is 1. The summed E-state index contributed by atoms with van der Waals surface area (Å²) in [7, 11) is 1.55. The second-order valence-corrected chi connectivity index (χ2v) is 5.87. The Morgan fingerprint density at radius 2 is 1.76 bits per heavy atom. The third-order valence-electron chi connectivity index (χ3n) is 3.29. The Bertz CT molecular complexity index is 639. The lowest BCUT2D eigenvalue weighted by molar-refractivity contribution is 0.0496. The summed E-state index contributed by atoms with van der Waals surface area (Å²) in [5, 5.41) is 10.5. The van der Waals surface area contributed by atoms with Crippen molar-refractivity contribution in [1.29, 1.82) is 0 Å². The molecule has 0 aliphatic rings. The summed E-state index contributed by atoms with van der Waals surface area (Å²) in [6.45, 7) is 1.39. The molecule has 2 aromatic rings. The van der Waals surface area contributed by atoms with Crippen LogP contribution in [0.5, 0.6) is 5.75 Å². The topological polar surface area (TPSA) is 29.5 Å². The molecule has 1 atom stereocenters. The standard InChI is InChI=1S/C16H15BrF2O2/c1-16(20,9-10-3-5-11(21-2)6-4-10)14-13(18)8-7-12(17)15(14)19/h3-8,20H,9H2,1-2H3. The van der Waals surface area contributed by atoms with Gasteiger partial charge in [0.1, 0.15) is 17.4 Å². The highest BCUT2D eigenvalue weighted by Gasteiger charge is 2.31. The molecule has 0 spiro atoms. The molecule has 0 bridgehead atoms. The fourth-order valence-electron chi connectivity index (χ4n) is 2.25. The van der Waals surface area contributed by atoms with Crippen LogP contribution in [-0.2, 0) is 12.0 Å². The number of methoxy groups -OCH3 is 1. The lowest BCUT2D eigenvalue weighted by Crippen LogP contribution is -2.27. The fraction of sp³-hybridized carbons (Fsp3) is 0.250. The van der Waals surface area contributed by atoms with E-state index in [0.29, 0.717) is 5.75 Å². The molecule has 0 saturated carbocycles. The van der Waals surface area contributed by atoms with Crippen LogP contribution < -0.4 is 4.74 Å². The number of ether oxygens (including phenoxy) is 1. The van der Waals surface area contributed by atoms with Crippen molar-refractivity contribution in [3.63, 3.8) is 0 Å².